The highest BCUT2D eigenvalue weighted by Crippen LogP contribution is 2.57. The highest BCUT2D eigenvalue weighted by molar-refractivity contribution is 6.31. The number of rotatable bonds is 1. The minimum absolute atomic E-state index is 0.0243. The van der Waals surface area contributed by atoms with Gasteiger partial charge in [0.05, 0.1) is 12.1 Å². The molecule has 0 spiro atoms. The molecule has 122 valence electrons. The molecule has 2 aliphatic heterocycles. The van der Waals surface area contributed by atoms with E-state index in [1.807, 2.05) is 30.0 Å². The van der Waals surface area contributed by atoms with Crippen LogP contribution in [0.5, 0.6) is 0 Å². The third-order valence-electron chi connectivity index (χ3n) is 5.73. The second-order valence-corrected chi connectivity index (χ2v) is 7.42. The molecule has 4 heteroatoms. The van der Waals surface area contributed by atoms with E-state index >= 15 is 0 Å². The molecule has 1 amide bonds. The van der Waals surface area contributed by atoms with Gasteiger partial charge in [-0.2, -0.15) is 0 Å². The summed E-state index contributed by atoms with van der Waals surface area (Å²) in [6.45, 7) is 1.99. The number of fused-ring (bicyclic) bond motifs is 5. The lowest BCUT2D eigenvalue weighted by Gasteiger charge is -2.34. The Morgan fingerprint density at radius 1 is 1.25 bits per heavy atom. The van der Waals surface area contributed by atoms with E-state index in [9.17, 15) is 4.79 Å². The van der Waals surface area contributed by atoms with Crippen LogP contribution < -0.4 is 0 Å². The highest BCUT2D eigenvalue weighted by Gasteiger charge is 2.61. The van der Waals surface area contributed by atoms with Gasteiger partial charge in [0, 0.05) is 29.8 Å². The van der Waals surface area contributed by atoms with Crippen molar-refractivity contribution in [3.63, 3.8) is 0 Å². The van der Waals surface area contributed by atoms with E-state index in [2.05, 4.69) is 24.3 Å². The topological polar surface area (TPSA) is 29.5 Å². The Morgan fingerprint density at radius 2 is 2.08 bits per heavy atom. The first-order valence-electron chi connectivity index (χ1n) is 8.44. The molecule has 3 nitrogen and oxygen atoms in total. The van der Waals surface area contributed by atoms with E-state index in [4.69, 9.17) is 16.3 Å². The van der Waals surface area contributed by atoms with Crippen molar-refractivity contribution < 1.29 is 9.53 Å². The maximum Gasteiger partial charge on any atom is 0.225 e. The smallest absolute Gasteiger partial charge is 0.225 e. The lowest BCUT2D eigenvalue weighted by atomic mass is 9.98. The van der Waals surface area contributed by atoms with Gasteiger partial charge >= 0.3 is 0 Å². The average Bonchev–Trinajstić information content (AvgIpc) is 3.18. The van der Waals surface area contributed by atoms with Crippen LogP contribution in [-0.2, 0) is 21.7 Å². The first kappa shape index (κ1) is 14.5. The number of hydrogen-bond donors (Lipinski definition) is 0. The van der Waals surface area contributed by atoms with Crippen molar-refractivity contribution in [3.05, 3.63) is 69.7 Å². The number of ether oxygens (including phenoxy) is 1. The summed E-state index contributed by atoms with van der Waals surface area (Å²) in [6, 6.07) is 14.4. The van der Waals surface area contributed by atoms with E-state index in [1.165, 1.54) is 11.1 Å². The van der Waals surface area contributed by atoms with Crippen LogP contribution in [-0.4, -0.2) is 16.9 Å². The van der Waals surface area contributed by atoms with Crippen molar-refractivity contribution in [2.24, 2.45) is 0 Å². The Morgan fingerprint density at radius 3 is 2.92 bits per heavy atom. The molecule has 2 aromatic carbocycles. The summed E-state index contributed by atoms with van der Waals surface area (Å²) < 4.78 is 6.58. The molecule has 2 fully saturated rings. The Hall–Kier alpha value is -1.84. The van der Waals surface area contributed by atoms with E-state index in [0.717, 1.165) is 22.6 Å². The molecule has 2 heterocycles. The van der Waals surface area contributed by atoms with Gasteiger partial charge in [0.15, 0.2) is 5.72 Å². The predicted molar refractivity (Wildman–Crippen MR) is 91.7 cm³/mol. The summed E-state index contributed by atoms with van der Waals surface area (Å²) in [4.78, 5) is 14.7. The van der Waals surface area contributed by atoms with Crippen molar-refractivity contribution in [3.8, 4) is 0 Å². The summed E-state index contributed by atoms with van der Waals surface area (Å²) in [5.41, 5.74) is 3.91. The number of nitrogens with zero attached hydrogens (tertiary/aromatic N) is 1. The largest absolute Gasteiger partial charge is 0.345 e. The second-order valence-electron chi connectivity index (χ2n) is 7.02. The van der Waals surface area contributed by atoms with Gasteiger partial charge in [0.25, 0.3) is 0 Å². The van der Waals surface area contributed by atoms with Gasteiger partial charge < -0.3 is 9.64 Å². The van der Waals surface area contributed by atoms with Gasteiger partial charge in [-0.25, -0.2) is 0 Å². The minimum Gasteiger partial charge on any atom is -0.345 e. The molecular weight excluding hydrogens is 322 g/mol. The third kappa shape index (κ3) is 1.74. The molecule has 0 N–H and O–H groups in total. The molecular formula is C20H18ClNO2. The molecule has 0 radical (unpaired) electrons. The minimum atomic E-state index is -0.655. The fourth-order valence-corrected chi connectivity index (χ4v) is 4.78. The zero-order chi connectivity index (χ0) is 16.5. The predicted octanol–water partition coefficient (Wildman–Crippen LogP) is 4.12. The molecule has 0 bridgehead atoms. The van der Waals surface area contributed by atoms with Crippen LogP contribution in [0.25, 0.3) is 0 Å². The van der Waals surface area contributed by atoms with Crippen molar-refractivity contribution in [2.75, 3.05) is 0 Å². The first-order valence-corrected chi connectivity index (χ1v) is 8.82. The molecule has 3 aliphatic rings. The molecule has 24 heavy (non-hydrogen) atoms. The molecule has 5 rings (SSSR count). The molecule has 1 aliphatic carbocycles. The van der Waals surface area contributed by atoms with Crippen LogP contribution in [0.3, 0.4) is 0 Å². The third-order valence-corrected chi connectivity index (χ3v) is 6.14. The number of hydrogen-bond acceptors (Lipinski definition) is 2. The number of amides is 1. The normalized spacial score (nSPS) is 30.4. The van der Waals surface area contributed by atoms with Crippen molar-refractivity contribution in [2.45, 2.75) is 44.1 Å². The number of carbonyl (C=O) groups excluding carboxylic acids is 1. The van der Waals surface area contributed by atoms with E-state index in [-0.39, 0.29) is 18.1 Å². The summed E-state index contributed by atoms with van der Waals surface area (Å²) in [6.07, 6.45) is 2.12. The van der Waals surface area contributed by atoms with Gasteiger partial charge in [-0.05, 0) is 29.7 Å². The first-order chi connectivity index (χ1) is 11.6. The zero-order valence-corrected chi connectivity index (χ0v) is 14.2. The van der Waals surface area contributed by atoms with Crippen molar-refractivity contribution >= 4 is 17.5 Å². The van der Waals surface area contributed by atoms with Crippen LogP contribution in [0.15, 0.2) is 42.5 Å². The molecule has 2 aromatic rings. The maximum absolute atomic E-state index is 12.8. The SMILES string of the molecule is Cc1ccc([C@@]23CCC(=O)N2[C@H]2c4ccccc4C[C@H]2O3)cc1Cl. The number of halogens is 1. The van der Waals surface area contributed by atoms with Crippen LogP contribution in [0, 0.1) is 6.92 Å². The molecule has 0 saturated carbocycles. The van der Waals surface area contributed by atoms with Gasteiger partial charge in [0.2, 0.25) is 5.91 Å². The molecule has 0 unspecified atom stereocenters. The summed E-state index contributed by atoms with van der Waals surface area (Å²) in [7, 11) is 0. The van der Waals surface area contributed by atoms with Gasteiger partial charge in [-0.3, -0.25) is 4.79 Å². The van der Waals surface area contributed by atoms with E-state index in [1.54, 1.807) is 0 Å². The number of benzene rings is 2. The van der Waals surface area contributed by atoms with E-state index in [0.29, 0.717) is 12.8 Å². The Labute approximate surface area is 146 Å². The lowest BCUT2D eigenvalue weighted by molar-refractivity contribution is -0.141. The monoisotopic (exact) mass is 339 g/mol. The van der Waals surface area contributed by atoms with Crippen LogP contribution >= 0.6 is 11.6 Å². The van der Waals surface area contributed by atoms with Crippen LogP contribution in [0.1, 0.15) is 41.1 Å². The van der Waals surface area contributed by atoms with Crippen molar-refractivity contribution in [1.29, 1.82) is 0 Å². The number of aryl methyl sites for hydroxylation is 1. The standard InChI is InChI=1S/C20H18ClNO2/c1-12-6-7-14(11-16(12)21)20-9-8-18(23)22(20)19-15-5-3-2-4-13(15)10-17(19)24-20/h2-7,11,17,19H,8-10H2,1H3/t17-,19+,20+/m1/s1. The van der Waals surface area contributed by atoms with Gasteiger partial charge in [-0.15, -0.1) is 0 Å². The second kappa shape index (κ2) is 4.84. The Bertz CT molecular complexity index is 864. The quantitative estimate of drug-likeness (QED) is 0.782. The molecule has 3 atom stereocenters. The number of carbonyl (C=O) groups is 1. The molecule has 0 aromatic heterocycles. The fourth-order valence-electron chi connectivity index (χ4n) is 4.60. The summed E-state index contributed by atoms with van der Waals surface area (Å²) in [5, 5.41) is 0.724. The fraction of sp³-hybridized carbons (Fsp3) is 0.350. The summed E-state index contributed by atoms with van der Waals surface area (Å²) in [5.74, 6) is 0.177. The highest BCUT2D eigenvalue weighted by atomic mass is 35.5. The Balaban J connectivity index is 1.66. The van der Waals surface area contributed by atoms with Crippen molar-refractivity contribution in [1.82, 2.24) is 4.90 Å². The average molecular weight is 340 g/mol. The maximum atomic E-state index is 12.8. The van der Waals surface area contributed by atoms with Crippen LogP contribution in [0.4, 0.5) is 0 Å². The van der Waals surface area contributed by atoms with Crippen LogP contribution in [0.2, 0.25) is 5.02 Å². The van der Waals surface area contributed by atoms with Gasteiger partial charge in [-0.1, -0.05) is 48.0 Å². The summed E-state index contributed by atoms with van der Waals surface area (Å²) >= 11 is 6.36. The van der Waals surface area contributed by atoms with E-state index < -0.39 is 5.72 Å². The lowest BCUT2D eigenvalue weighted by Crippen LogP contribution is -2.40. The molecule has 2 saturated heterocycles. The zero-order valence-electron chi connectivity index (χ0n) is 13.5. The van der Waals surface area contributed by atoms with Gasteiger partial charge in [0.1, 0.15) is 0 Å². The Kier molecular flexibility index (Phi) is 2.92.